The summed E-state index contributed by atoms with van der Waals surface area (Å²) in [4.78, 5) is 36.0. The van der Waals surface area contributed by atoms with Crippen LogP contribution in [0.15, 0.2) is 158 Å². The standard InChI is InChI=1S/C34H39N3O2.C32H35N3O2.C3H5F3O3S/c1-3-4-12-31-33(28-17-15-27(16-18-28)14-13-26-10-6-5-7-11-26)32-25-36(23-8-9-24-37(31)32)34(38)35-29-19-21-30(39-2)22-20-29;1-37-28-17-13-26(14-18-28)21-31(36)34-19-5-6-20-35-29(22-33)32(30(35)23-34)27-15-11-25(12-16-27)10-9-24-7-3-2-4-8-24;1-2-9-10(7,8)3(4,5)6/h5-7,10-11,15-22,31-33H,3-4,8-9,12,23-25H2,1-2H3,(H,35,38);2-4,7-8,11-18,29-30,32H,5-6,19-23,33H2,1H3;2H2,1H3/t31-,32+,33+;29-,30+,32+;/m11./s1. The number of urea groups is 1. The second kappa shape index (κ2) is 31.1. The minimum absolute atomic E-state index is 0.0238. The highest BCUT2D eigenvalue weighted by Gasteiger charge is 2.51. The largest absolute Gasteiger partial charge is 0.523 e. The number of anilines is 1. The fourth-order valence-corrected chi connectivity index (χ4v) is 12.4. The second-order valence-corrected chi connectivity index (χ2v) is 23.4. The van der Waals surface area contributed by atoms with Gasteiger partial charge >= 0.3 is 21.7 Å². The Kier molecular flexibility index (Phi) is 23.3. The van der Waals surface area contributed by atoms with Crippen molar-refractivity contribution in [1.82, 2.24) is 19.6 Å². The number of hydrogen-bond donors (Lipinski definition) is 2. The Hall–Kier alpha value is -7.64. The van der Waals surface area contributed by atoms with E-state index < -0.39 is 22.2 Å². The lowest BCUT2D eigenvalue weighted by Crippen LogP contribution is -2.68. The highest BCUT2D eigenvalue weighted by atomic mass is 32.2. The van der Waals surface area contributed by atoms with Gasteiger partial charge in [-0.25, -0.2) is 4.79 Å². The van der Waals surface area contributed by atoms with E-state index in [1.54, 1.807) is 14.2 Å². The normalized spacial score (nSPS) is 20.3. The quantitative estimate of drug-likeness (QED) is 0.0651. The number of fused-ring (bicyclic) bond motifs is 2. The molecule has 0 saturated carbocycles. The van der Waals surface area contributed by atoms with E-state index in [1.165, 1.54) is 30.4 Å². The zero-order chi connectivity index (χ0) is 61.1. The van der Waals surface area contributed by atoms with Crippen LogP contribution in [0.3, 0.4) is 0 Å². The van der Waals surface area contributed by atoms with E-state index in [4.69, 9.17) is 15.2 Å². The van der Waals surface area contributed by atoms with Crippen molar-refractivity contribution >= 4 is 27.7 Å². The fourth-order valence-electron chi connectivity index (χ4n) is 11.9. The number of unbranched alkanes of at least 4 members (excludes halogenated alkanes) is 1. The molecule has 454 valence electrons. The second-order valence-electron chi connectivity index (χ2n) is 21.8. The van der Waals surface area contributed by atoms with Gasteiger partial charge in [0.05, 0.1) is 27.2 Å². The Morgan fingerprint density at radius 1 is 0.593 bits per heavy atom. The third kappa shape index (κ3) is 17.1. The number of rotatable bonds is 13. The van der Waals surface area contributed by atoms with Crippen LogP contribution >= 0.6 is 0 Å². The fraction of sp³-hybridized carbons (Fsp3) is 0.391. The molecule has 6 aromatic carbocycles. The van der Waals surface area contributed by atoms with E-state index in [0.717, 1.165) is 117 Å². The van der Waals surface area contributed by atoms with Gasteiger partial charge in [0.1, 0.15) is 11.5 Å². The number of methoxy groups -OCH3 is 2. The Bertz CT molecular complexity index is 3350. The van der Waals surface area contributed by atoms with E-state index in [-0.39, 0.29) is 18.0 Å². The summed E-state index contributed by atoms with van der Waals surface area (Å²) in [5, 5.41) is 3.10. The summed E-state index contributed by atoms with van der Waals surface area (Å²) in [6.45, 7) is 8.77. The Labute approximate surface area is 506 Å². The van der Waals surface area contributed by atoms with Crippen LogP contribution < -0.4 is 20.5 Å². The number of ether oxygens (including phenoxy) is 2. The summed E-state index contributed by atoms with van der Waals surface area (Å²) in [6.07, 6.45) is 8.29. The lowest BCUT2D eigenvalue weighted by atomic mass is 9.72. The third-order valence-electron chi connectivity index (χ3n) is 16.4. The Balaban J connectivity index is 0.000000193. The van der Waals surface area contributed by atoms with E-state index in [2.05, 4.69) is 103 Å². The number of amides is 3. The molecule has 0 unspecified atom stereocenters. The number of nitrogens with two attached hydrogens (primary N) is 1. The van der Waals surface area contributed by atoms with E-state index >= 15 is 0 Å². The molecule has 4 heterocycles. The van der Waals surface area contributed by atoms with Crippen molar-refractivity contribution in [3.05, 3.63) is 197 Å². The van der Waals surface area contributed by atoms with Crippen molar-refractivity contribution in [1.29, 1.82) is 0 Å². The smallest absolute Gasteiger partial charge is 0.497 e. The summed E-state index contributed by atoms with van der Waals surface area (Å²) in [7, 11) is -2.05. The first-order valence-electron chi connectivity index (χ1n) is 29.8. The number of benzene rings is 6. The molecule has 3 N–H and O–H groups in total. The lowest BCUT2D eigenvalue weighted by Gasteiger charge is -2.58. The van der Waals surface area contributed by atoms with Crippen molar-refractivity contribution < 1.29 is 44.8 Å². The predicted octanol–water partition coefficient (Wildman–Crippen LogP) is 11.7. The van der Waals surface area contributed by atoms with Gasteiger partial charge in [0.15, 0.2) is 0 Å². The highest BCUT2D eigenvalue weighted by Crippen LogP contribution is 2.45. The van der Waals surface area contributed by atoms with Crippen LogP contribution in [0, 0.1) is 23.7 Å². The monoisotopic (exact) mass is 1190 g/mol. The van der Waals surface area contributed by atoms with Crippen molar-refractivity contribution in [2.45, 2.75) is 107 Å². The van der Waals surface area contributed by atoms with Crippen LogP contribution in [0.5, 0.6) is 11.5 Å². The van der Waals surface area contributed by atoms with Gasteiger partial charge in [0, 0.05) is 96.7 Å². The van der Waals surface area contributed by atoms with Crippen LogP contribution in [0.25, 0.3) is 0 Å². The molecule has 0 radical (unpaired) electrons. The summed E-state index contributed by atoms with van der Waals surface area (Å²) in [5.74, 6) is 15.6. The summed E-state index contributed by atoms with van der Waals surface area (Å²) in [6, 6.07) is 54.3. The molecular formula is C69H79F3N6O7S. The first-order chi connectivity index (χ1) is 41.6. The number of carbonyl (C=O) groups excluding carboxylic acids is 2. The number of hydrogen-bond acceptors (Lipinski definition) is 10. The molecule has 4 aliphatic heterocycles. The molecule has 0 aliphatic carbocycles. The average Bonchev–Trinajstić information content (AvgIpc) is 0.915. The predicted molar refractivity (Wildman–Crippen MR) is 332 cm³/mol. The van der Waals surface area contributed by atoms with Crippen LogP contribution in [-0.2, 0) is 25.5 Å². The zero-order valence-corrected chi connectivity index (χ0v) is 50.4. The molecule has 86 heavy (non-hydrogen) atoms. The summed E-state index contributed by atoms with van der Waals surface area (Å²) >= 11 is 0. The Morgan fingerprint density at radius 3 is 1.49 bits per heavy atom. The molecule has 3 amide bonds. The van der Waals surface area contributed by atoms with Gasteiger partial charge in [-0.1, -0.05) is 116 Å². The van der Waals surface area contributed by atoms with Crippen molar-refractivity contribution in [2.24, 2.45) is 5.73 Å². The number of halogens is 3. The molecule has 6 aromatic rings. The number of nitrogens with zero attached hydrogens (tertiary/aromatic N) is 4. The minimum atomic E-state index is -5.35. The van der Waals surface area contributed by atoms with Crippen LogP contribution in [0.2, 0.25) is 0 Å². The lowest BCUT2D eigenvalue weighted by molar-refractivity contribution is -0.134. The van der Waals surface area contributed by atoms with Gasteiger partial charge in [-0.05, 0) is 154 Å². The number of alkyl halides is 3. The maximum atomic E-state index is 13.3. The maximum Gasteiger partial charge on any atom is 0.523 e. The third-order valence-corrected chi connectivity index (χ3v) is 17.5. The molecule has 13 nitrogen and oxygen atoms in total. The number of carbonyl (C=O) groups is 2. The molecule has 6 atom stereocenters. The van der Waals surface area contributed by atoms with Crippen molar-refractivity contribution in [3.63, 3.8) is 0 Å². The topological polar surface area (TPSA) is 147 Å². The van der Waals surface area contributed by atoms with Crippen LogP contribution in [0.4, 0.5) is 23.7 Å². The first-order valence-corrected chi connectivity index (χ1v) is 31.2. The minimum Gasteiger partial charge on any atom is -0.497 e. The molecular weight excluding hydrogens is 1110 g/mol. The van der Waals surface area contributed by atoms with Gasteiger partial charge < -0.3 is 30.3 Å². The van der Waals surface area contributed by atoms with Crippen LogP contribution in [-0.4, -0.2) is 136 Å². The van der Waals surface area contributed by atoms with Crippen LogP contribution in [0.1, 0.15) is 110 Å². The van der Waals surface area contributed by atoms with Crippen molar-refractivity contribution in [2.75, 3.05) is 72.0 Å². The summed E-state index contributed by atoms with van der Waals surface area (Å²) in [5.41, 5.74) is 9.48. The van der Waals surface area contributed by atoms with Gasteiger partial charge in [-0.2, -0.15) is 21.6 Å². The molecule has 0 aromatic heterocycles. The number of nitrogens with one attached hydrogen (secondary N) is 1. The zero-order valence-electron chi connectivity index (χ0n) is 49.6. The molecule has 10 rings (SSSR count). The molecule has 17 heteroatoms. The first kappa shape index (κ1) is 64.4. The van der Waals surface area contributed by atoms with Gasteiger partial charge in [-0.15, -0.1) is 0 Å². The average molecular weight is 1190 g/mol. The molecule has 4 saturated heterocycles. The molecule has 0 bridgehead atoms. The van der Waals surface area contributed by atoms with Gasteiger partial charge in [0.2, 0.25) is 5.91 Å². The SMILES string of the molecule is CCCC[C@@H]1[C@H](c2ccc(C#Cc3ccccc3)cc2)[C@@H]2CN(C(=O)Nc3ccc(OC)cc3)CCCCN12.CCOS(=O)(=O)C(F)(F)F.COc1ccc(CC(=O)N2CCCCN3[C@H](CN)[C@H](c4ccc(C#Cc5ccccc5)cc4)[C@@H]3C2)cc1. The van der Waals surface area contributed by atoms with E-state index in [9.17, 15) is 31.2 Å². The van der Waals surface area contributed by atoms with E-state index in [0.29, 0.717) is 42.9 Å². The maximum absolute atomic E-state index is 13.3. The molecule has 4 fully saturated rings. The van der Waals surface area contributed by atoms with Gasteiger partial charge in [0.25, 0.3) is 0 Å². The van der Waals surface area contributed by atoms with E-state index in [1.807, 2.05) is 114 Å². The summed E-state index contributed by atoms with van der Waals surface area (Å²) < 4.78 is 67.7. The van der Waals surface area contributed by atoms with Gasteiger partial charge in [-0.3, -0.25) is 18.8 Å². The Morgan fingerprint density at radius 2 is 1.03 bits per heavy atom. The van der Waals surface area contributed by atoms with Crippen molar-refractivity contribution in [3.8, 4) is 35.2 Å². The highest BCUT2D eigenvalue weighted by molar-refractivity contribution is 7.87. The molecule has 0 spiro atoms. The molecule has 4 aliphatic rings.